The van der Waals surface area contributed by atoms with Crippen LogP contribution in [0.25, 0.3) is 0 Å². The average Bonchev–Trinajstić information content (AvgIpc) is 2.37. The summed E-state index contributed by atoms with van der Waals surface area (Å²) in [5.41, 5.74) is 1.10. The lowest BCUT2D eigenvalue weighted by Gasteiger charge is -2.14. The minimum absolute atomic E-state index is 0.134. The van der Waals surface area contributed by atoms with Gasteiger partial charge in [0.1, 0.15) is 0 Å². The number of hydrogen-bond donors (Lipinski definition) is 1. The summed E-state index contributed by atoms with van der Waals surface area (Å²) in [5.74, 6) is 0.791. The summed E-state index contributed by atoms with van der Waals surface area (Å²) in [6.07, 6.45) is 7.03. The first-order valence-electron chi connectivity index (χ1n) is 5.01. The van der Waals surface area contributed by atoms with Crippen LogP contribution in [-0.4, -0.2) is 11.2 Å². The molecule has 1 N–H and O–H groups in total. The van der Waals surface area contributed by atoms with Crippen LogP contribution in [0.5, 0.6) is 0 Å². The summed E-state index contributed by atoms with van der Waals surface area (Å²) < 4.78 is 0. The van der Waals surface area contributed by atoms with Crippen LogP contribution in [0.1, 0.15) is 45.4 Å². The zero-order chi connectivity index (χ0) is 8.97. The Morgan fingerprint density at radius 3 is 2.58 bits per heavy atom. The van der Waals surface area contributed by atoms with Crippen LogP contribution in [0.15, 0.2) is 12.2 Å². The van der Waals surface area contributed by atoms with Crippen molar-refractivity contribution in [1.82, 2.24) is 0 Å². The molecule has 1 aliphatic carbocycles. The van der Waals surface area contributed by atoms with E-state index in [4.69, 9.17) is 0 Å². The first-order chi connectivity index (χ1) is 5.68. The molecule has 0 heterocycles. The molecule has 12 heavy (non-hydrogen) atoms. The fraction of sp³-hybridized carbons (Fsp3) is 0.818. The standard InChI is InChI=1S/C11H20O/c1-9(2)7-11(12)8-10-5-3-4-6-10/h10-12H,1,3-8H2,2H3. The molecule has 0 radical (unpaired) electrons. The smallest absolute Gasteiger partial charge is 0.0579 e. The second-order valence-corrected chi connectivity index (χ2v) is 4.20. The predicted molar refractivity (Wildman–Crippen MR) is 52.0 cm³/mol. The van der Waals surface area contributed by atoms with Crippen LogP contribution in [0.4, 0.5) is 0 Å². The molecule has 70 valence electrons. The number of hydrogen-bond acceptors (Lipinski definition) is 1. The van der Waals surface area contributed by atoms with Gasteiger partial charge in [-0.25, -0.2) is 0 Å². The minimum atomic E-state index is -0.134. The Balaban J connectivity index is 2.16. The van der Waals surface area contributed by atoms with Crippen LogP contribution in [-0.2, 0) is 0 Å². The maximum absolute atomic E-state index is 9.62. The first kappa shape index (κ1) is 9.79. The lowest BCUT2D eigenvalue weighted by Crippen LogP contribution is -2.11. The lowest BCUT2D eigenvalue weighted by molar-refractivity contribution is 0.143. The van der Waals surface area contributed by atoms with Gasteiger partial charge in [-0.15, -0.1) is 6.58 Å². The van der Waals surface area contributed by atoms with Gasteiger partial charge < -0.3 is 5.11 Å². The van der Waals surface area contributed by atoms with Gasteiger partial charge >= 0.3 is 0 Å². The van der Waals surface area contributed by atoms with Crippen LogP contribution in [0, 0.1) is 5.92 Å². The van der Waals surface area contributed by atoms with Crippen molar-refractivity contribution in [3.63, 3.8) is 0 Å². The molecule has 0 spiro atoms. The predicted octanol–water partition coefficient (Wildman–Crippen LogP) is 2.89. The maximum Gasteiger partial charge on any atom is 0.0579 e. The summed E-state index contributed by atoms with van der Waals surface area (Å²) in [6.45, 7) is 5.79. The van der Waals surface area contributed by atoms with Gasteiger partial charge in [0.25, 0.3) is 0 Å². The topological polar surface area (TPSA) is 20.2 Å². The van der Waals surface area contributed by atoms with Gasteiger partial charge in [-0.05, 0) is 25.7 Å². The summed E-state index contributed by atoms with van der Waals surface area (Å²) in [5, 5.41) is 9.62. The summed E-state index contributed by atoms with van der Waals surface area (Å²) in [4.78, 5) is 0. The van der Waals surface area contributed by atoms with E-state index in [-0.39, 0.29) is 6.10 Å². The zero-order valence-corrected chi connectivity index (χ0v) is 8.05. The molecule has 1 heteroatoms. The highest BCUT2D eigenvalue weighted by Crippen LogP contribution is 2.29. The molecule has 0 aromatic rings. The Hall–Kier alpha value is -0.300. The van der Waals surface area contributed by atoms with Crippen LogP contribution in [0.2, 0.25) is 0 Å². The van der Waals surface area contributed by atoms with Gasteiger partial charge in [0.2, 0.25) is 0 Å². The molecule has 0 aromatic carbocycles. The molecule has 0 amide bonds. The normalized spacial score (nSPS) is 21.2. The highest BCUT2D eigenvalue weighted by Gasteiger charge is 2.18. The van der Waals surface area contributed by atoms with Gasteiger partial charge in [-0.1, -0.05) is 31.3 Å². The van der Waals surface area contributed by atoms with Crippen molar-refractivity contribution >= 4 is 0 Å². The van der Waals surface area contributed by atoms with Gasteiger partial charge in [-0.3, -0.25) is 0 Å². The van der Waals surface area contributed by atoms with E-state index in [0.717, 1.165) is 24.3 Å². The molecular weight excluding hydrogens is 148 g/mol. The highest BCUT2D eigenvalue weighted by molar-refractivity contribution is 4.91. The Morgan fingerprint density at radius 1 is 1.50 bits per heavy atom. The molecular formula is C11H20O. The quantitative estimate of drug-likeness (QED) is 0.640. The molecule has 0 saturated heterocycles. The molecule has 1 nitrogen and oxygen atoms in total. The maximum atomic E-state index is 9.62. The molecule has 0 aromatic heterocycles. The molecule has 1 rings (SSSR count). The Labute approximate surface area is 75.5 Å². The molecule has 1 aliphatic rings. The number of aliphatic hydroxyl groups excluding tert-OH is 1. The van der Waals surface area contributed by atoms with Crippen LogP contribution >= 0.6 is 0 Å². The summed E-state index contributed by atoms with van der Waals surface area (Å²) in [6, 6.07) is 0. The number of aliphatic hydroxyl groups is 1. The molecule has 0 aliphatic heterocycles. The average molecular weight is 168 g/mol. The SMILES string of the molecule is C=C(C)CC(O)CC1CCCC1. The van der Waals surface area contributed by atoms with Crippen molar-refractivity contribution in [3.05, 3.63) is 12.2 Å². The van der Waals surface area contributed by atoms with Crippen molar-refractivity contribution in [3.8, 4) is 0 Å². The van der Waals surface area contributed by atoms with Gasteiger partial charge in [-0.2, -0.15) is 0 Å². The second kappa shape index (κ2) is 4.66. The van der Waals surface area contributed by atoms with Gasteiger partial charge in [0.15, 0.2) is 0 Å². The third-order valence-corrected chi connectivity index (χ3v) is 2.66. The van der Waals surface area contributed by atoms with Crippen LogP contribution in [0.3, 0.4) is 0 Å². The third-order valence-electron chi connectivity index (χ3n) is 2.66. The van der Waals surface area contributed by atoms with Crippen molar-refractivity contribution in [1.29, 1.82) is 0 Å². The monoisotopic (exact) mass is 168 g/mol. The van der Waals surface area contributed by atoms with Crippen molar-refractivity contribution < 1.29 is 5.11 Å². The second-order valence-electron chi connectivity index (χ2n) is 4.20. The zero-order valence-electron chi connectivity index (χ0n) is 8.05. The molecule has 0 bridgehead atoms. The van der Waals surface area contributed by atoms with E-state index in [1.807, 2.05) is 6.92 Å². The van der Waals surface area contributed by atoms with E-state index in [0.29, 0.717) is 0 Å². The fourth-order valence-corrected chi connectivity index (χ4v) is 2.12. The van der Waals surface area contributed by atoms with E-state index >= 15 is 0 Å². The van der Waals surface area contributed by atoms with Crippen molar-refractivity contribution in [2.24, 2.45) is 5.92 Å². The summed E-state index contributed by atoms with van der Waals surface area (Å²) >= 11 is 0. The Morgan fingerprint density at radius 2 is 2.08 bits per heavy atom. The Bertz CT molecular complexity index is 145. The van der Waals surface area contributed by atoms with Gasteiger partial charge in [0.05, 0.1) is 6.10 Å². The lowest BCUT2D eigenvalue weighted by atomic mass is 9.97. The van der Waals surface area contributed by atoms with E-state index in [1.165, 1.54) is 25.7 Å². The van der Waals surface area contributed by atoms with Gasteiger partial charge in [0, 0.05) is 0 Å². The molecule has 1 fully saturated rings. The number of rotatable bonds is 4. The largest absolute Gasteiger partial charge is 0.393 e. The molecule has 1 saturated carbocycles. The van der Waals surface area contributed by atoms with E-state index in [9.17, 15) is 5.11 Å². The van der Waals surface area contributed by atoms with Crippen LogP contribution < -0.4 is 0 Å². The van der Waals surface area contributed by atoms with Crippen molar-refractivity contribution in [2.75, 3.05) is 0 Å². The van der Waals surface area contributed by atoms with E-state index in [2.05, 4.69) is 6.58 Å². The van der Waals surface area contributed by atoms with Crippen molar-refractivity contribution in [2.45, 2.75) is 51.6 Å². The Kier molecular flexibility index (Phi) is 3.80. The molecule has 1 unspecified atom stereocenters. The molecule has 1 atom stereocenters. The fourth-order valence-electron chi connectivity index (χ4n) is 2.12. The first-order valence-corrected chi connectivity index (χ1v) is 5.01. The minimum Gasteiger partial charge on any atom is -0.393 e. The third kappa shape index (κ3) is 3.40. The highest BCUT2D eigenvalue weighted by atomic mass is 16.3. The van der Waals surface area contributed by atoms with E-state index in [1.54, 1.807) is 0 Å². The van der Waals surface area contributed by atoms with E-state index < -0.39 is 0 Å². The summed E-state index contributed by atoms with van der Waals surface area (Å²) in [7, 11) is 0.